The van der Waals surface area contributed by atoms with Crippen LogP contribution in [-0.2, 0) is 14.4 Å². The maximum Gasteiger partial charge on any atom is 0.458 e. The number of alkyl halides is 6. The molecule has 0 aliphatic rings. The lowest BCUT2D eigenvalue weighted by Crippen LogP contribution is -2.39. The second-order valence-electron chi connectivity index (χ2n) is 6.80. The van der Waals surface area contributed by atoms with Crippen LogP contribution in [0.4, 0.5) is 37.7 Å². The number of anilines is 2. The molecule has 0 saturated heterocycles. The summed E-state index contributed by atoms with van der Waals surface area (Å²) in [6, 6.07) is 7.80. The molecule has 0 unspecified atom stereocenters. The van der Waals surface area contributed by atoms with E-state index in [1.807, 2.05) is 64.0 Å². The van der Waals surface area contributed by atoms with E-state index in [-0.39, 0.29) is 11.3 Å². The minimum atomic E-state index is -5.77. The van der Waals surface area contributed by atoms with E-state index >= 15 is 0 Å². The first-order valence-electron chi connectivity index (χ1n) is 7.69. The molecule has 0 fully saturated rings. The monoisotopic (exact) mass is 414 g/mol. The highest BCUT2D eigenvalue weighted by molar-refractivity contribution is 6.41. The Hall–Kier alpha value is -2.59. The van der Waals surface area contributed by atoms with E-state index in [1.165, 1.54) is 0 Å². The third-order valence-electron chi connectivity index (χ3n) is 3.04. The van der Waals surface area contributed by atoms with Gasteiger partial charge in [-0.15, -0.1) is 0 Å². The van der Waals surface area contributed by atoms with Gasteiger partial charge in [-0.1, -0.05) is 20.8 Å². The van der Waals surface area contributed by atoms with Gasteiger partial charge in [0.2, 0.25) is 5.91 Å². The average molecular weight is 414 g/mol. The SMILES string of the molecule is CN(C)c1ccc(NC(=O)C(C)(C)C)cc1.O=C(C(=O)C(F)(F)F)C(F)(F)F. The first-order valence-corrected chi connectivity index (χ1v) is 7.69. The fourth-order valence-corrected chi connectivity index (χ4v) is 1.42. The molecule has 0 heterocycles. The summed E-state index contributed by atoms with van der Waals surface area (Å²) in [7, 11) is 3.98. The molecule has 1 rings (SSSR count). The van der Waals surface area contributed by atoms with Gasteiger partial charge in [-0.3, -0.25) is 14.4 Å². The fourth-order valence-electron chi connectivity index (χ4n) is 1.42. The molecule has 0 spiro atoms. The maximum atomic E-state index is 11.7. The Morgan fingerprint density at radius 2 is 1.14 bits per heavy atom. The van der Waals surface area contributed by atoms with Crippen molar-refractivity contribution < 1.29 is 40.7 Å². The van der Waals surface area contributed by atoms with Crippen LogP contribution >= 0.6 is 0 Å². The number of hydrogen-bond donors (Lipinski definition) is 1. The van der Waals surface area contributed by atoms with Crippen LogP contribution in [0.15, 0.2) is 24.3 Å². The maximum absolute atomic E-state index is 11.7. The Bertz CT molecular complexity index is 678. The second-order valence-corrected chi connectivity index (χ2v) is 6.80. The van der Waals surface area contributed by atoms with Crippen molar-refractivity contribution in [3.63, 3.8) is 0 Å². The van der Waals surface area contributed by atoms with Crippen LogP contribution < -0.4 is 10.2 Å². The Morgan fingerprint density at radius 1 is 0.786 bits per heavy atom. The van der Waals surface area contributed by atoms with Crippen LogP contribution in [-0.4, -0.2) is 43.9 Å². The standard InChI is InChI=1S/C13H20N2O.C4F6O2/c1-13(2,3)12(16)14-10-6-8-11(9-7-10)15(4)5;5-3(6,7)1(11)2(12)4(8,9)10/h6-9H,1-5H3,(H,14,16);. The highest BCUT2D eigenvalue weighted by Crippen LogP contribution is 2.24. The summed E-state index contributed by atoms with van der Waals surface area (Å²) < 4.78 is 67.0. The van der Waals surface area contributed by atoms with E-state index in [0.29, 0.717) is 0 Å². The van der Waals surface area contributed by atoms with Crippen molar-refractivity contribution in [1.82, 2.24) is 0 Å². The van der Waals surface area contributed by atoms with E-state index in [2.05, 4.69) is 5.32 Å². The first-order chi connectivity index (χ1) is 12.4. The summed E-state index contributed by atoms with van der Waals surface area (Å²) in [6.07, 6.45) is -11.5. The molecular weight excluding hydrogens is 394 g/mol. The van der Waals surface area contributed by atoms with E-state index in [9.17, 15) is 40.7 Å². The van der Waals surface area contributed by atoms with Gasteiger partial charge >= 0.3 is 23.9 Å². The van der Waals surface area contributed by atoms with Crippen LogP contribution in [0.1, 0.15) is 20.8 Å². The summed E-state index contributed by atoms with van der Waals surface area (Å²) in [5, 5.41) is 2.89. The molecule has 28 heavy (non-hydrogen) atoms. The lowest BCUT2D eigenvalue weighted by Gasteiger charge is -2.18. The highest BCUT2D eigenvalue weighted by atomic mass is 19.4. The number of amides is 1. The number of nitrogens with one attached hydrogen (secondary N) is 1. The number of Topliss-reactive ketones (excluding diaryl/α,β-unsaturated/α-hetero) is 2. The number of carbonyl (C=O) groups excluding carboxylic acids is 3. The van der Waals surface area contributed by atoms with Gasteiger partial charge in [-0.25, -0.2) is 0 Å². The average Bonchev–Trinajstić information content (AvgIpc) is 2.51. The number of nitrogens with zero attached hydrogens (tertiary/aromatic N) is 1. The Labute approximate surface area is 157 Å². The third-order valence-corrected chi connectivity index (χ3v) is 3.04. The predicted molar refractivity (Wildman–Crippen MR) is 91.0 cm³/mol. The van der Waals surface area contributed by atoms with Gasteiger partial charge in [-0.2, -0.15) is 26.3 Å². The molecule has 0 aliphatic heterocycles. The topological polar surface area (TPSA) is 66.5 Å². The lowest BCUT2D eigenvalue weighted by molar-refractivity contribution is -0.193. The minimum Gasteiger partial charge on any atom is -0.378 e. The van der Waals surface area contributed by atoms with Crippen molar-refractivity contribution in [3.05, 3.63) is 24.3 Å². The van der Waals surface area contributed by atoms with Crippen LogP contribution in [0.2, 0.25) is 0 Å². The molecule has 0 bridgehead atoms. The number of rotatable bonds is 3. The van der Waals surface area contributed by atoms with E-state index in [0.717, 1.165) is 11.4 Å². The van der Waals surface area contributed by atoms with Gasteiger partial charge in [0.25, 0.3) is 0 Å². The Balaban J connectivity index is 0.000000546. The van der Waals surface area contributed by atoms with Gasteiger partial charge in [0.1, 0.15) is 0 Å². The molecule has 158 valence electrons. The molecule has 0 aromatic heterocycles. The number of benzene rings is 1. The van der Waals surface area contributed by atoms with E-state index < -0.39 is 23.9 Å². The second kappa shape index (κ2) is 9.07. The highest BCUT2D eigenvalue weighted by Gasteiger charge is 2.54. The van der Waals surface area contributed by atoms with Crippen molar-refractivity contribution in [1.29, 1.82) is 0 Å². The molecule has 1 aromatic rings. The summed E-state index contributed by atoms with van der Waals surface area (Å²) in [4.78, 5) is 33.0. The molecule has 0 aliphatic carbocycles. The number of ketones is 2. The molecule has 0 atom stereocenters. The number of hydrogen-bond acceptors (Lipinski definition) is 4. The molecular formula is C17H20F6N2O3. The Morgan fingerprint density at radius 3 is 1.39 bits per heavy atom. The number of halogens is 6. The summed E-state index contributed by atoms with van der Waals surface area (Å²) in [6.45, 7) is 5.70. The van der Waals surface area contributed by atoms with Crippen LogP contribution in [0.25, 0.3) is 0 Å². The van der Waals surface area contributed by atoms with E-state index in [1.54, 1.807) is 0 Å². The van der Waals surface area contributed by atoms with Gasteiger partial charge in [0.15, 0.2) is 0 Å². The van der Waals surface area contributed by atoms with Crippen molar-refractivity contribution in [2.24, 2.45) is 5.41 Å². The largest absolute Gasteiger partial charge is 0.458 e. The van der Waals surface area contributed by atoms with Gasteiger partial charge in [0.05, 0.1) is 0 Å². The van der Waals surface area contributed by atoms with Crippen LogP contribution in [0, 0.1) is 5.41 Å². The van der Waals surface area contributed by atoms with E-state index in [4.69, 9.17) is 0 Å². The zero-order valence-electron chi connectivity index (χ0n) is 15.7. The third kappa shape index (κ3) is 8.40. The number of carbonyl (C=O) groups is 3. The lowest BCUT2D eigenvalue weighted by atomic mass is 9.95. The zero-order valence-corrected chi connectivity index (χ0v) is 15.7. The van der Waals surface area contributed by atoms with Crippen LogP contribution in [0.5, 0.6) is 0 Å². The van der Waals surface area contributed by atoms with Gasteiger partial charge in [0, 0.05) is 30.9 Å². The zero-order chi connectivity index (χ0) is 22.5. The molecule has 1 N–H and O–H groups in total. The van der Waals surface area contributed by atoms with Crippen molar-refractivity contribution in [2.75, 3.05) is 24.3 Å². The molecule has 0 saturated carbocycles. The Kier molecular flexibility index (Phi) is 8.23. The van der Waals surface area contributed by atoms with Crippen molar-refractivity contribution in [3.8, 4) is 0 Å². The molecule has 1 amide bonds. The predicted octanol–water partition coefficient (Wildman–Crippen LogP) is 3.99. The summed E-state index contributed by atoms with van der Waals surface area (Å²) >= 11 is 0. The summed E-state index contributed by atoms with van der Waals surface area (Å²) in [5.41, 5.74) is 1.60. The van der Waals surface area contributed by atoms with Crippen molar-refractivity contribution >= 4 is 28.8 Å². The molecule has 5 nitrogen and oxygen atoms in total. The van der Waals surface area contributed by atoms with Crippen LogP contribution in [0.3, 0.4) is 0 Å². The van der Waals surface area contributed by atoms with Gasteiger partial charge in [-0.05, 0) is 24.3 Å². The smallest absolute Gasteiger partial charge is 0.378 e. The van der Waals surface area contributed by atoms with Crippen molar-refractivity contribution in [2.45, 2.75) is 33.1 Å². The molecule has 0 radical (unpaired) electrons. The minimum absolute atomic E-state index is 0.0325. The van der Waals surface area contributed by atoms with Gasteiger partial charge < -0.3 is 10.2 Å². The molecule has 1 aromatic carbocycles. The summed E-state index contributed by atoms with van der Waals surface area (Å²) in [5.74, 6) is -6.78. The fraction of sp³-hybridized carbons (Fsp3) is 0.471. The first kappa shape index (κ1) is 25.4. The normalized spacial score (nSPS) is 11.8. The molecule has 11 heteroatoms. The quantitative estimate of drug-likeness (QED) is 0.600.